The van der Waals surface area contributed by atoms with Gasteiger partial charge < -0.3 is 18.4 Å². The molecule has 0 radical (unpaired) electrons. The molecule has 9 rings (SSSR count). The van der Waals surface area contributed by atoms with Gasteiger partial charge in [-0.2, -0.15) is 0 Å². The van der Waals surface area contributed by atoms with Gasteiger partial charge in [0.25, 0.3) is 0 Å². The van der Waals surface area contributed by atoms with Gasteiger partial charge in [-0.1, -0.05) is 97.1 Å². The molecule has 0 atom stereocenters. The Morgan fingerprint density at radius 3 is 1.78 bits per heavy atom. The molecular weight excluding hydrogens is 551 g/mol. The van der Waals surface area contributed by atoms with Crippen LogP contribution in [0.4, 0.5) is 0 Å². The summed E-state index contributed by atoms with van der Waals surface area (Å²) in [6, 6.07) is 46.0. The lowest BCUT2D eigenvalue weighted by atomic mass is 9.76. The summed E-state index contributed by atoms with van der Waals surface area (Å²) >= 11 is 0. The average Bonchev–Trinajstić information content (AvgIpc) is 3.64. The number of aromatic nitrogens is 2. The summed E-state index contributed by atoms with van der Waals surface area (Å²) in [6.45, 7) is 8.46. The molecular formula is C40H33BN2O2. The summed E-state index contributed by atoms with van der Waals surface area (Å²) < 4.78 is 18.1. The van der Waals surface area contributed by atoms with Crippen molar-refractivity contribution in [2.24, 2.45) is 0 Å². The van der Waals surface area contributed by atoms with Crippen LogP contribution in [-0.4, -0.2) is 27.5 Å². The van der Waals surface area contributed by atoms with Gasteiger partial charge in [-0.3, -0.25) is 0 Å². The van der Waals surface area contributed by atoms with Crippen LogP contribution in [0.25, 0.3) is 65.8 Å². The normalized spacial score (nSPS) is 16.1. The lowest BCUT2D eigenvalue weighted by molar-refractivity contribution is 0.00578. The van der Waals surface area contributed by atoms with Crippen molar-refractivity contribution in [2.45, 2.75) is 38.9 Å². The summed E-state index contributed by atoms with van der Waals surface area (Å²) in [5.74, 6) is 0. The second-order valence-electron chi connectivity index (χ2n) is 13.2. The maximum absolute atomic E-state index is 6.61. The number of rotatable bonds is 3. The molecule has 0 bridgehead atoms. The van der Waals surface area contributed by atoms with E-state index in [1.807, 2.05) is 0 Å². The molecule has 8 aromatic rings. The Bertz CT molecular complexity index is 2450. The zero-order chi connectivity index (χ0) is 30.5. The highest BCUT2D eigenvalue weighted by molar-refractivity contribution is 6.66. The molecule has 2 aromatic heterocycles. The van der Waals surface area contributed by atoms with Crippen LogP contribution in [0.2, 0.25) is 0 Å². The summed E-state index contributed by atoms with van der Waals surface area (Å²) in [6.07, 6.45) is 0. The van der Waals surface area contributed by atoms with E-state index in [0.29, 0.717) is 0 Å². The standard InChI is InChI=1S/C40H33BN2O2/c1-39(2)40(3,4)45-41(44-39)31-20-13-24-35-37(31)30-18-8-10-22-34(30)42(35)36-25-12-19-29-28-17-7-9-21-33(28)43(38(29)36)32-23-11-15-26-14-5-6-16-27(26)32/h5-25H,1-4H3. The fourth-order valence-corrected chi connectivity index (χ4v) is 7.31. The fourth-order valence-electron chi connectivity index (χ4n) is 7.31. The van der Waals surface area contributed by atoms with Crippen molar-refractivity contribution in [1.82, 2.24) is 9.13 Å². The zero-order valence-electron chi connectivity index (χ0n) is 25.9. The minimum Gasteiger partial charge on any atom is -0.399 e. The highest BCUT2D eigenvalue weighted by Gasteiger charge is 2.52. The largest absolute Gasteiger partial charge is 0.495 e. The number of fused-ring (bicyclic) bond motifs is 7. The maximum Gasteiger partial charge on any atom is 0.495 e. The molecule has 1 aliphatic heterocycles. The number of hydrogen-bond donors (Lipinski definition) is 0. The van der Waals surface area contributed by atoms with Crippen LogP contribution in [-0.2, 0) is 9.31 Å². The molecule has 0 aliphatic carbocycles. The van der Waals surface area contributed by atoms with E-state index in [2.05, 4.69) is 164 Å². The van der Waals surface area contributed by atoms with Gasteiger partial charge in [0, 0.05) is 26.9 Å². The van der Waals surface area contributed by atoms with Crippen molar-refractivity contribution in [2.75, 3.05) is 0 Å². The molecule has 4 nitrogen and oxygen atoms in total. The van der Waals surface area contributed by atoms with Crippen LogP contribution >= 0.6 is 0 Å². The first kappa shape index (κ1) is 26.6. The van der Waals surface area contributed by atoms with E-state index in [4.69, 9.17) is 9.31 Å². The van der Waals surface area contributed by atoms with E-state index in [-0.39, 0.29) is 0 Å². The van der Waals surface area contributed by atoms with E-state index in [9.17, 15) is 0 Å². The molecule has 6 aromatic carbocycles. The van der Waals surface area contributed by atoms with Crippen molar-refractivity contribution < 1.29 is 9.31 Å². The molecule has 0 saturated carbocycles. The van der Waals surface area contributed by atoms with Gasteiger partial charge in [0.15, 0.2) is 0 Å². The molecule has 3 heterocycles. The fraction of sp³-hybridized carbons (Fsp3) is 0.150. The molecule has 218 valence electrons. The molecule has 0 N–H and O–H groups in total. The van der Waals surface area contributed by atoms with Crippen molar-refractivity contribution >= 4 is 67.0 Å². The van der Waals surface area contributed by atoms with E-state index in [1.54, 1.807) is 0 Å². The Kier molecular flexibility index (Phi) is 5.51. The lowest BCUT2D eigenvalue weighted by Gasteiger charge is -2.32. The molecule has 0 unspecified atom stereocenters. The minimum atomic E-state index is -0.462. The van der Waals surface area contributed by atoms with Gasteiger partial charge in [-0.25, -0.2) is 0 Å². The van der Waals surface area contributed by atoms with Crippen molar-refractivity contribution in [1.29, 1.82) is 0 Å². The average molecular weight is 585 g/mol. The Balaban J connectivity index is 1.41. The molecule has 1 aliphatic rings. The van der Waals surface area contributed by atoms with Gasteiger partial charge in [-0.15, -0.1) is 0 Å². The molecule has 1 fully saturated rings. The number of hydrogen-bond acceptors (Lipinski definition) is 2. The summed E-state index contributed by atoms with van der Waals surface area (Å²) in [4.78, 5) is 0. The summed E-state index contributed by atoms with van der Waals surface area (Å²) in [5.41, 5.74) is 7.16. The van der Waals surface area contributed by atoms with Gasteiger partial charge in [0.1, 0.15) is 0 Å². The Hall–Kier alpha value is -4.84. The Morgan fingerprint density at radius 1 is 0.467 bits per heavy atom. The SMILES string of the molecule is CC1(C)OB(c2cccc3c2c2ccccc2n3-c2cccc3c4ccccc4n(-c4cccc5ccccc45)c23)OC1(C)C. The zero-order valence-corrected chi connectivity index (χ0v) is 25.9. The van der Waals surface area contributed by atoms with Crippen LogP contribution < -0.4 is 5.46 Å². The van der Waals surface area contributed by atoms with Crippen LogP contribution in [0, 0.1) is 0 Å². The molecule has 0 spiro atoms. The Labute approximate surface area is 262 Å². The smallest absolute Gasteiger partial charge is 0.399 e. The third kappa shape index (κ3) is 3.68. The first-order valence-corrected chi connectivity index (χ1v) is 15.7. The van der Waals surface area contributed by atoms with E-state index in [1.165, 1.54) is 43.7 Å². The predicted octanol–water partition coefficient (Wildman–Crippen LogP) is 9.33. The van der Waals surface area contributed by atoms with E-state index >= 15 is 0 Å². The predicted molar refractivity (Wildman–Crippen MR) is 188 cm³/mol. The number of nitrogens with zero attached hydrogens (tertiary/aromatic N) is 2. The topological polar surface area (TPSA) is 28.3 Å². The molecule has 45 heavy (non-hydrogen) atoms. The van der Waals surface area contributed by atoms with Gasteiger partial charge in [0.2, 0.25) is 0 Å². The highest BCUT2D eigenvalue weighted by atomic mass is 16.7. The number of para-hydroxylation sites is 3. The molecule has 5 heteroatoms. The van der Waals surface area contributed by atoms with Crippen LogP contribution in [0.5, 0.6) is 0 Å². The van der Waals surface area contributed by atoms with E-state index < -0.39 is 18.3 Å². The van der Waals surface area contributed by atoms with Crippen LogP contribution in [0.3, 0.4) is 0 Å². The van der Waals surface area contributed by atoms with Gasteiger partial charge >= 0.3 is 7.12 Å². The highest BCUT2D eigenvalue weighted by Crippen LogP contribution is 2.42. The van der Waals surface area contributed by atoms with Crippen LogP contribution in [0.1, 0.15) is 27.7 Å². The first-order valence-electron chi connectivity index (χ1n) is 15.7. The number of benzene rings is 6. The van der Waals surface area contributed by atoms with Crippen LogP contribution in [0.15, 0.2) is 127 Å². The maximum atomic E-state index is 6.61. The molecule has 1 saturated heterocycles. The lowest BCUT2D eigenvalue weighted by Crippen LogP contribution is -2.41. The first-order chi connectivity index (χ1) is 21.8. The minimum absolute atomic E-state index is 0.427. The van der Waals surface area contributed by atoms with Crippen molar-refractivity contribution in [3.8, 4) is 11.4 Å². The van der Waals surface area contributed by atoms with Gasteiger partial charge in [-0.05, 0) is 68.9 Å². The van der Waals surface area contributed by atoms with Crippen molar-refractivity contribution in [3.05, 3.63) is 127 Å². The quantitative estimate of drug-likeness (QED) is 0.194. The summed E-state index contributed by atoms with van der Waals surface area (Å²) in [5, 5.41) is 7.26. The van der Waals surface area contributed by atoms with Crippen molar-refractivity contribution in [3.63, 3.8) is 0 Å². The second kappa shape index (κ2) is 9.34. The molecule has 0 amide bonds. The monoisotopic (exact) mass is 584 g/mol. The third-order valence-electron chi connectivity index (χ3n) is 10.2. The Morgan fingerprint density at radius 2 is 1.00 bits per heavy atom. The van der Waals surface area contributed by atoms with Gasteiger partial charge in [0.05, 0.1) is 44.6 Å². The van der Waals surface area contributed by atoms with E-state index in [0.717, 1.165) is 27.6 Å². The summed E-state index contributed by atoms with van der Waals surface area (Å²) in [7, 11) is -0.462. The third-order valence-corrected chi connectivity index (χ3v) is 10.2. The second-order valence-corrected chi connectivity index (χ2v) is 13.2.